The van der Waals surface area contributed by atoms with Gasteiger partial charge in [0, 0.05) is 10.5 Å². The van der Waals surface area contributed by atoms with E-state index in [1.54, 1.807) is 11.3 Å². The fourth-order valence-corrected chi connectivity index (χ4v) is 4.33. The molecule has 1 amide bonds. The van der Waals surface area contributed by atoms with Crippen molar-refractivity contribution < 1.29 is 9.53 Å². The molecule has 0 aliphatic carbocycles. The molecule has 3 aromatic carbocycles. The normalized spacial score (nSPS) is 14.6. The maximum atomic E-state index is 13.3. The molecule has 0 fully saturated rings. The van der Waals surface area contributed by atoms with Crippen LogP contribution in [0.3, 0.4) is 0 Å². The van der Waals surface area contributed by atoms with Crippen molar-refractivity contribution in [1.82, 2.24) is 4.90 Å². The van der Waals surface area contributed by atoms with E-state index in [0.717, 1.165) is 33.2 Å². The molecule has 0 N–H and O–H groups in total. The van der Waals surface area contributed by atoms with E-state index in [9.17, 15) is 4.79 Å². The highest BCUT2D eigenvalue weighted by Gasteiger charge is 2.29. The number of nitrogens with zero attached hydrogens (tertiary/aromatic N) is 1. The van der Waals surface area contributed by atoms with Gasteiger partial charge in [0.05, 0.1) is 12.2 Å². The van der Waals surface area contributed by atoms with Gasteiger partial charge in [-0.2, -0.15) is 0 Å². The summed E-state index contributed by atoms with van der Waals surface area (Å²) >= 11 is 1.62. The van der Waals surface area contributed by atoms with Gasteiger partial charge >= 0.3 is 0 Å². The minimum absolute atomic E-state index is 0.0156. The minimum Gasteiger partial charge on any atom is -0.457 e. The second-order valence-corrected chi connectivity index (χ2v) is 8.44. The van der Waals surface area contributed by atoms with Crippen molar-refractivity contribution in [3.05, 3.63) is 130 Å². The number of carbonyl (C=O) groups excluding carboxylic acids is 1. The maximum Gasteiger partial charge on any atom is 0.258 e. The Labute approximate surface area is 191 Å². The van der Waals surface area contributed by atoms with Crippen LogP contribution in [0.15, 0.2) is 114 Å². The van der Waals surface area contributed by atoms with Gasteiger partial charge in [-0.05, 0) is 71.1 Å². The standard InChI is InChI=1S/C28H21NO2S/c30-28-23(18-26-12-7-17-32-26)19-27(29(28)20-21-8-3-1-4-9-21)22-13-15-25(16-14-22)31-24-10-5-2-6-11-24/h1-19H,20H2/b23-18+. The Bertz CT molecular complexity index is 1260. The van der Waals surface area contributed by atoms with Gasteiger partial charge < -0.3 is 9.64 Å². The van der Waals surface area contributed by atoms with Gasteiger partial charge in [-0.15, -0.1) is 11.3 Å². The third kappa shape index (κ3) is 4.41. The first-order valence-electron chi connectivity index (χ1n) is 10.4. The van der Waals surface area contributed by atoms with Gasteiger partial charge in [0.25, 0.3) is 5.91 Å². The Morgan fingerprint density at radius 1 is 0.781 bits per heavy atom. The minimum atomic E-state index is 0.0156. The second kappa shape index (κ2) is 9.08. The molecule has 1 aromatic heterocycles. The van der Waals surface area contributed by atoms with Crippen molar-refractivity contribution in [2.24, 2.45) is 0 Å². The van der Waals surface area contributed by atoms with Gasteiger partial charge in [-0.1, -0.05) is 54.6 Å². The van der Waals surface area contributed by atoms with Crippen LogP contribution in [-0.4, -0.2) is 10.8 Å². The van der Waals surface area contributed by atoms with Crippen LogP contribution < -0.4 is 4.74 Å². The van der Waals surface area contributed by atoms with Crippen LogP contribution in [0.25, 0.3) is 11.8 Å². The summed E-state index contributed by atoms with van der Waals surface area (Å²) in [6, 6.07) is 31.7. The molecule has 32 heavy (non-hydrogen) atoms. The molecular weight excluding hydrogens is 414 g/mol. The van der Waals surface area contributed by atoms with E-state index >= 15 is 0 Å². The molecule has 3 nitrogen and oxygen atoms in total. The molecule has 0 spiro atoms. The number of thiophene rings is 1. The number of hydrogen-bond acceptors (Lipinski definition) is 3. The number of amides is 1. The van der Waals surface area contributed by atoms with Crippen molar-refractivity contribution in [3.63, 3.8) is 0 Å². The summed E-state index contributed by atoms with van der Waals surface area (Å²) in [5.41, 5.74) is 3.66. The van der Waals surface area contributed by atoms with E-state index in [1.807, 2.05) is 119 Å². The summed E-state index contributed by atoms with van der Waals surface area (Å²) in [5.74, 6) is 1.57. The molecule has 0 radical (unpaired) electrons. The predicted molar refractivity (Wildman–Crippen MR) is 130 cm³/mol. The molecule has 156 valence electrons. The highest BCUT2D eigenvalue weighted by Crippen LogP contribution is 2.34. The summed E-state index contributed by atoms with van der Waals surface area (Å²) in [6.07, 6.45) is 3.95. The fraction of sp³-hybridized carbons (Fsp3) is 0.0357. The predicted octanol–water partition coefficient (Wildman–Crippen LogP) is 7.01. The van der Waals surface area contributed by atoms with Crippen LogP contribution in [0.5, 0.6) is 11.5 Å². The average molecular weight is 436 g/mol. The first-order chi connectivity index (χ1) is 15.8. The lowest BCUT2D eigenvalue weighted by Crippen LogP contribution is -2.25. The monoisotopic (exact) mass is 435 g/mol. The zero-order chi connectivity index (χ0) is 21.8. The lowest BCUT2D eigenvalue weighted by molar-refractivity contribution is -0.123. The van der Waals surface area contributed by atoms with Crippen molar-refractivity contribution >= 4 is 29.0 Å². The summed E-state index contributed by atoms with van der Waals surface area (Å²) < 4.78 is 5.92. The molecule has 0 unspecified atom stereocenters. The molecule has 0 saturated carbocycles. The smallest absolute Gasteiger partial charge is 0.258 e. The molecule has 4 aromatic rings. The Morgan fingerprint density at radius 2 is 1.47 bits per heavy atom. The van der Waals surface area contributed by atoms with Gasteiger partial charge in [0.1, 0.15) is 11.5 Å². The van der Waals surface area contributed by atoms with E-state index in [1.165, 1.54) is 0 Å². The van der Waals surface area contributed by atoms with Crippen LogP contribution in [0, 0.1) is 0 Å². The van der Waals surface area contributed by atoms with Crippen LogP contribution in [0.4, 0.5) is 0 Å². The van der Waals surface area contributed by atoms with Crippen molar-refractivity contribution in [3.8, 4) is 11.5 Å². The molecule has 0 atom stereocenters. The lowest BCUT2D eigenvalue weighted by atomic mass is 10.1. The summed E-state index contributed by atoms with van der Waals surface area (Å²) in [4.78, 5) is 16.2. The molecule has 0 saturated heterocycles. The lowest BCUT2D eigenvalue weighted by Gasteiger charge is -2.21. The Kier molecular flexibility index (Phi) is 5.69. The van der Waals surface area contributed by atoms with Crippen LogP contribution in [0.1, 0.15) is 16.0 Å². The molecule has 1 aliphatic rings. The van der Waals surface area contributed by atoms with Gasteiger partial charge in [0.2, 0.25) is 0 Å². The van der Waals surface area contributed by atoms with Crippen molar-refractivity contribution in [2.75, 3.05) is 0 Å². The molecule has 5 rings (SSSR count). The molecular formula is C28H21NO2S. The third-order valence-electron chi connectivity index (χ3n) is 5.23. The zero-order valence-corrected chi connectivity index (χ0v) is 18.2. The number of carbonyl (C=O) groups is 1. The van der Waals surface area contributed by atoms with Crippen LogP contribution >= 0.6 is 11.3 Å². The largest absolute Gasteiger partial charge is 0.457 e. The zero-order valence-electron chi connectivity index (χ0n) is 17.3. The van der Waals surface area contributed by atoms with E-state index in [-0.39, 0.29) is 5.91 Å². The Hall–Kier alpha value is -3.89. The third-order valence-corrected chi connectivity index (χ3v) is 6.05. The van der Waals surface area contributed by atoms with E-state index in [0.29, 0.717) is 12.1 Å². The van der Waals surface area contributed by atoms with Crippen LogP contribution in [-0.2, 0) is 11.3 Å². The summed E-state index contributed by atoms with van der Waals surface area (Å²) in [6.45, 7) is 0.523. The molecule has 0 bridgehead atoms. The van der Waals surface area contributed by atoms with Gasteiger partial charge in [-0.3, -0.25) is 4.79 Å². The first kappa shape index (κ1) is 20.0. The summed E-state index contributed by atoms with van der Waals surface area (Å²) in [7, 11) is 0. The topological polar surface area (TPSA) is 29.5 Å². The summed E-state index contributed by atoms with van der Waals surface area (Å²) in [5, 5.41) is 2.02. The Balaban J connectivity index is 1.46. The second-order valence-electron chi connectivity index (χ2n) is 7.46. The number of ether oxygens (including phenoxy) is 1. The fourth-order valence-electron chi connectivity index (χ4n) is 3.66. The SMILES string of the molecule is O=C1/C(=C/c2cccs2)C=C(c2ccc(Oc3ccccc3)cc2)N1Cc1ccccc1. The highest BCUT2D eigenvalue weighted by molar-refractivity contribution is 7.10. The maximum absolute atomic E-state index is 13.3. The number of para-hydroxylation sites is 1. The van der Waals surface area contributed by atoms with Crippen molar-refractivity contribution in [1.29, 1.82) is 0 Å². The van der Waals surface area contributed by atoms with Gasteiger partial charge in [-0.25, -0.2) is 0 Å². The molecule has 1 aliphatic heterocycles. The van der Waals surface area contributed by atoms with E-state index < -0.39 is 0 Å². The molecule has 2 heterocycles. The Morgan fingerprint density at radius 3 is 2.16 bits per heavy atom. The molecule has 4 heteroatoms. The highest BCUT2D eigenvalue weighted by atomic mass is 32.1. The number of benzene rings is 3. The number of hydrogen-bond donors (Lipinski definition) is 0. The average Bonchev–Trinajstić information content (AvgIpc) is 3.45. The van der Waals surface area contributed by atoms with E-state index in [2.05, 4.69) is 0 Å². The van der Waals surface area contributed by atoms with Crippen LogP contribution in [0.2, 0.25) is 0 Å². The van der Waals surface area contributed by atoms with Gasteiger partial charge in [0.15, 0.2) is 0 Å². The van der Waals surface area contributed by atoms with E-state index in [4.69, 9.17) is 4.74 Å². The van der Waals surface area contributed by atoms with Crippen molar-refractivity contribution in [2.45, 2.75) is 6.54 Å². The first-order valence-corrected chi connectivity index (χ1v) is 11.3. The number of rotatable bonds is 6. The quantitative estimate of drug-likeness (QED) is 0.305.